The molecule has 100 valence electrons. The molecule has 0 aliphatic rings. The highest BCUT2D eigenvalue weighted by Crippen LogP contribution is 2.31. The lowest BCUT2D eigenvalue weighted by molar-refractivity contribution is 0.112. The Hall–Kier alpha value is -1.39. The SMILES string of the molecule is CCC(C)c1ccc(Oc2nc(Cl)c(C=O)s2)cc1. The van der Waals surface area contributed by atoms with Crippen LogP contribution in [0.3, 0.4) is 0 Å². The van der Waals surface area contributed by atoms with Gasteiger partial charge in [-0.15, -0.1) is 0 Å². The van der Waals surface area contributed by atoms with Gasteiger partial charge < -0.3 is 4.74 Å². The highest BCUT2D eigenvalue weighted by Gasteiger charge is 2.10. The predicted molar refractivity (Wildman–Crippen MR) is 77.7 cm³/mol. The zero-order valence-corrected chi connectivity index (χ0v) is 12.3. The predicted octanol–water partition coefficient (Wildman–Crippen LogP) is 4.91. The average molecular weight is 296 g/mol. The van der Waals surface area contributed by atoms with Crippen LogP contribution in [0, 0.1) is 0 Å². The Balaban J connectivity index is 2.12. The van der Waals surface area contributed by atoms with E-state index in [1.165, 1.54) is 5.56 Å². The first kappa shape index (κ1) is 14.0. The molecule has 2 rings (SSSR count). The molecule has 2 aromatic rings. The van der Waals surface area contributed by atoms with Crippen LogP contribution in [-0.2, 0) is 0 Å². The van der Waals surface area contributed by atoms with Crippen LogP contribution in [0.2, 0.25) is 5.15 Å². The summed E-state index contributed by atoms with van der Waals surface area (Å²) >= 11 is 6.92. The normalized spacial score (nSPS) is 12.2. The summed E-state index contributed by atoms with van der Waals surface area (Å²) in [6, 6.07) is 7.88. The van der Waals surface area contributed by atoms with Gasteiger partial charge in [-0.1, -0.05) is 48.9 Å². The fraction of sp³-hybridized carbons (Fsp3) is 0.286. The molecule has 0 radical (unpaired) electrons. The molecule has 1 aromatic heterocycles. The Labute approximate surface area is 121 Å². The van der Waals surface area contributed by atoms with Gasteiger partial charge in [0.05, 0.1) is 0 Å². The fourth-order valence-electron chi connectivity index (χ4n) is 1.61. The summed E-state index contributed by atoms with van der Waals surface area (Å²) in [5.74, 6) is 1.22. The Morgan fingerprint density at radius 2 is 2.11 bits per heavy atom. The third kappa shape index (κ3) is 3.33. The molecule has 3 nitrogen and oxygen atoms in total. The molecular weight excluding hydrogens is 282 g/mol. The number of carbonyl (C=O) groups is 1. The molecule has 0 N–H and O–H groups in total. The highest BCUT2D eigenvalue weighted by molar-refractivity contribution is 7.15. The van der Waals surface area contributed by atoms with Crippen molar-refractivity contribution in [2.75, 3.05) is 0 Å². The summed E-state index contributed by atoms with van der Waals surface area (Å²) in [5.41, 5.74) is 1.28. The number of thiazole rings is 1. The van der Waals surface area contributed by atoms with Crippen LogP contribution in [-0.4, -0.2) is 11.3 Å². The van der Waals surface area contributed by atoms with Gasteiger partial charge in [0.15, 0.2) is 11.4 Å². The van der Waals surface area contributed by atoms with E-state index in [0.29, 0.717) is 28.0 Å². The van der Waals surface area contributed by atoms with Gasteiger partial charge in [0, 0.05) is 0 Å². The second kappa shape index (κ2) is 6.17. The summed E-state index contributed by atoms with van der Waals surface area (Å²) in [5, 5.41) is 0.564. The van der Waals surface area contributed by atoms with E-state index < -0.39 is 0 Å². The number of nitrogens with zero attached hydrogens (tertiary/aromatic N) is 1. The summed E-state index contributed by atoms with van der Waals surface area (Å²) in [7, 11) is 0. The summed E-state index contributed by atoms with van der Waals surface area (Å²) < 4.78 is 5.57. The molecule has 0 spiro atoms. The second-order valence-electron chi connectivity index (χ2n) is 4.23. The zero-order chi connectivity index (χ0) is 13.8. The molecule has 19 heavy (non-hydrogen) atoms. The molecule has 0 aliphatic heterocycles. The molecule has 0 fully saturated rings. The van der Waals surface area contributed by atoms with Crippen molar-refractivity contribution in [3.8, 4) is 10.9 Å². The minimum Gasteiger partial charge on any atom is -0.431 e. The van der Waals surface area contributed by atoms with E-state index in [1.54, 1.807) is 0 Å². The number of rotatable bonds is 5. The van der Waals surface area contributed by atoms with Crippen LogP contribution >= 0.6 is 22.9 Å². The molecule has 0 amide bonds. The average Bonchev–Trinajstić information content (AvgIpc) is 2.78. The van der Waals surface area contributed by atoms with Crippen LogP contribution in [0.1, 0.15) is 41.4 Å². The van der Waals surface area contributed by atoms with Crippen LogP contribution in [0.4, 0.5) is 0 Å². The third-order valence-electron chi connectivity index (χ3n) is 2.96. The summed E-state index contributed by atoms with van der Waals surface area (Å²) in [6.45, 7) is 4.35. The van der Waals surface area contributed by atoms with E-state index in [0.717, 1.165) is 17.8 Å². The second-order valence-corrected chi connectivity index (χ2v) is 5.58. The number of benzene rings is 1. The Kier molecular flexibility index (Phi) is 4.56. The minimum atomic E-state index is 0.186. The van der Waals surface area contributed by atoms with Gasteiger partial charge >= 0.3 is 0 Å². The molecule has 1 atom stereocenters. The van der Waals surface area contributed by atoms with E-state index >= 15 is 0 Å². The van der Waals surface area contributed by atoms with Crippen LogP contribution < -0.4 is 4.74 Å². The van der Waals surface area contributed by atoms with Crippen LogP contribution in [0.15, 0.2) is 24.3 Å². The lowest BCUT2D eigenvalue weighted by atomic mass is 9.99. The number of carbonyl (C=O) groups excluding carboxylic acids is 1. The third-order valence-corrected chi connectivity index (χ3v) is 4.22. The smallest absolute Gasteiger partial charge is 0.280 e. The van der Waals surface area contributed by atoms with Gasteiger partial charge in [-0.05, 0) is 30.0 Å². The van der Waals surface area contributed by atoms with E-state index in [1.807, 2.05) is 24.3 Å². The van der Waals surface area contributed by atoms with Crippen molar-refractivity contribution < 1.29 is 9.53 Å². The van der Waals surface area contributed by atoms with E-state index in [9.17, 15) is 4.79 Å². The van der Waals surface area contributed by atoms with Gasteiger partial charge in [0.2, 0.25) is 0 Å². The maximum Gasteiger partial charge on any atom is 0.280 e. The van der Waals surface area contributed by atoms with Crippen LogP contribution in [0.5, 0.6) is 10.9 Å². The molecule has 1 aromatic carbocycles. The van der Waals surface area contributed by atoms with Crippen molar-refractivity contribution in [2.24, 2.45) is 0 Å². The number of aldehydes is 1. The quantitative estimate of drug-likeness (QED) is 0.735. The van der Waals surface area contributed by atoms with Crippen LogP contribution in [0.25, 0.3) is 0 Å². The molecule has 5 heteroatoms. The molecule has 1 heterocycles. The largest absolute Gasteiger partial charge is 0.431 e. The Bertz CT molecular complexity index is 565. The number of halogens is 1. The molecule has 0 saturated carbocycles. The van der Waals surface area contributed by atoms with Gasteiger partial charge in [0.25, 0.3) is 5.19 Å². The molecule has 0 bridgehead atoms. The number of hydrogen-bond acceptors (Lipinski definition) is 4. The van der Waals surface area contributed by atoms with Gasteiger partial charge in [-0.3, -0.25) is 4.79 Å². The van der Waals surface area contributed by atoms with Crippen molar-refractivity contribution >= 4 is 29.2 Å². The van der Waals surface area contributed by atoms with Crippen molar-refractivity contribution in [3.63, 3.8) is 0 Å². The lowest BCUT2D eigenvalue weighted by Crippen LogP contribution is -1.91. The van der Waals surface area contributed by atoms with E-state index in [4.69, 9.17) is 16.3 Å². The monoisotopic (exact) mass is 295 g/mol. The topological polar surface area (TPSA) is 39.2 Å². The van der Waals surface area contributed by atoms with Crippen molar-refractivity contribution in [3.05, 3.63) is 39.9 Å². The Morgan fingerprint density at radius 1 is 1.42 bits per heavy atom. The van der Waals surface area contributed by atoms with Crippen molar-refractivity contribution in [2.45, 2.75) is 26.2 Å². The number of aromatic nitrogens is 1. The highest BCUT2D eigenvalue weighted by atomic mass is 35.5. The summed E-state index contributed by atoms with van der Waals surface area (Å²) in [6.07, 6.45) is 1.78. The van der Waals surface area contributed by atoms with Crippen molar-refractivity contribution in [1.29, 1.82) is 0 Å². The summed E-state index contributed by atoms with van der Waals surface area (Å²) in [4.78, 5) is 15.0. The van der Waals surface area contributed by atoms with Gasteiger partial charge in [-0.25, -0.2) is 0 Å². The molecule has 0 aliphatic carbocycles. The van der Waals surface area contributed by atoms with Crippen molar-refractivity contribution in [1.82, 2.24) is 4.98 Å². The first-order chi connectivity index (χ1) is 9.13. The number of hydrogen-bond donors (Lipinski definition) is 0. The molecule has 1 unspecified atom stereocenters. The molecular formula is C14H14ClNO2S. The maximum atomic E-state index is 10.7. The Morgan fingerprint density at radius 3 is 2.63 bits per heavy atom. The fourth-order valence-corrected chi connectivity index (χ4v) is 2.54. The minimum absolute atomic E-state index is 0.186. The zero-order valence-electron chi connectivity index (χ0n) is 10.7. The lowest BCUT2D eigenvalue weighted by Gasteiger charge is -2.09. The van der Waals surface area contributed by atoms with E-state index in [2.05, 4.69) is 18.8 Å². The van der Waals surface area contributed by atoms with Gasteiger partial charge in [-0.2, -0.15) is 4.98 Å². The maximum absolute atomic E-state index is 10.7. The first-order valence-electron chi connectivity index (χ1n) is 6.03. The number of ether oxygens (including phenoxy) is 1. The van der Waals surface area contributed by atoms with Gasteiger partial charge in [0.1, 0.15) is 10.6 Å². The molecule has 0 saturated heterocycles. The standard InChI is InChI=1S/C14H14ClNO2S/c1-3-9(2)10-4-6-11(7-5-10)18-14-16-13(15)12(8-17)19-14/h4-9H,3H2,1-2H3. The van der Waals surface area contributed by atoms with E-state index in [-0.39, 0.29) is 5.15 Å². The first-order valence-corrected chi connectivity index (χ1v) is 7.22.